The van der Waals surface area contributed by atoms with Crippen molar-refractivity contribution in [2.75, 3.05) is 53.7 Å². The Morgan fingerprint density at radius 2 is 1.60 bits per heavy atom. The maximum atomic E-state index is 10.0. The van der Waals surface area contributed by atoms with Crippen LogP contribution in [0.25, 0.3) is 0 Å². The first-order valence-electron chi connectivity index (χ1n) is 15.8. The first kappa shape index (κ1) is 32.6. The Kier molecular flexibility index (Phi) is 13.2. The van der Waals surface area contributed by atoms with Crippen LogP contribution in [-0.4, -0.2) is 94.1 Å². The zero-order valence-electron chi connectivity index (χ0n) is 26.1. The number of rotatable bonds is 17. The minimum absolute atomic E-state index is 0.280. The van der Waals surface area contributed by atoms with Gasteiger partial charge in [0.25, 0.3) is 0 Å². The van der Waals surface area contributed by atoms with Crippen molar-refractivity contribution in [1.29, 1.82) is 0 Å². The van der Waals surface area contributed by atoms with Gasteiger partial charge in [-0.2, -0.15) is 0 Å². The third-order valence-electron chi connectivity index (χ3n) is 8.36. The van der Waals surface area contributed by atoms with Crippen LogP contribution >= 0.6 is 0 Å². The second kappa shape index (κ2) is 17.1. The lowest BCUT2D eigenvalue weighted by Crippen LogP contribution is -2.46. The van der Waals surface area contributed by atoms with E-state index in [-0.39, 0.29) is 18.8 Å². The maximum absolute atomic E-state index is 10.0. The number of hydrogen-bond donors (Lipinski definition) is 2. The number of ether oxygens (including phenoxy) is 5. The van der Waals surface area contributed by atoms with Crippen molar-refractivity contribution < 1.29 is 28.8 Å². The van der Waals surface area contributed by atoms with E-state index >= 15 is 0 Å². The molecule has 234 valence electrons. The molecule has 42 heavy (non-hydrogen) atoms. The third-order valence-corrected chi connectivity index (χ3v) is 8.36. The van der Waals surface area contributed by atoms with Crippen LogP contribution < -0.4 is 19.5 Å². The number of nitrogens with zero attached hydrogens (tertiary/aromatic N) is 1. The molecule has 8 heteroatoms. The fourth-order valence-corrected chi connectivity index (χ4v) is 5.96. The van der Waals surface area contributed by atoms with Crippen molar-refractivity contribution >= 4 is 0 Å². The second-order valence-corrected chi connectivity index (χ2v) is 11.9. The van der Waals surface area contributed by atoms with Gasteiger partial charge in [-0.3, -0.25) is 4.90 Å². The molecule has 0 spiro atoms. The van der Waals surface area contributed by atoms with Crippen molar-refractivity contribution in [2.45, 2.75) is 89.2 Å². The molecule has 0 bridgehead atoms. The molecule has 2 aliphatic rings. The van der Waals surface area contributed by atoms with E-state index in [1.165, 1.54) is 30.4 Å². The molecule has 2 N–H and O–H groups in total. The first-order valence-corrected chi connectivity index (χ1v) is 15.8. The van der Waals surface area contributed by atoms with Gasteiger partial charge in [0.2, 0.25) is 0 Å². The van der Waals surface area contributed by atoms with Crippen molar-refractivity contribution in [2.24, 2.45) is 0 Å². The quantitative estimate of drug-likeness (QED) is 0.278. The molecule has 4 rings (SSSR count). The van der Waals surface area contributed by atoms with Gasteiger partial charge in [0.1, 0.15) is 18.5 Å². The van der Waals surface area contributed by atoms with Crippen LogP contribution in [0, 0.1) is 0 Å². The Balaban J connectivity index is 1.15. The lowest BCUT2D eigenvalue weighted by atomic mass is 9.91. The van der Waals surface area contributed by atoms with E-state index in [4.69, 9.17) is 23.7 Å². The van der Waals surface area contributed by atoms with E-state index in [0.29, 0.717) is 31.8 Å². The standard InChI is InChI=1S/C34H52N2O6/c1-25(2)35-22-28(37)24-42-29-12-9-26(10-13-29)16-19-40-30-15-18-36(23-30)31-7-5-6-8-32(31)41-20-17-27-11-14-33(38-3)34(21-27)39-4/h9-14,21,25,28,30-32,35,37H,5-8,15-20,22-24H2,1-4H3/t28?,30-,31+,32+/m0/s1. The topological polar surface area (TPSA) is 81.7 Å². The van der Waals surface area contributed by atoms with Crippen LogP contribution in [0.1, 0.15) is 57.1 Å². The maximum Gasteiger partial charge on any atom is 0.160 e. The van der Waals surface area contributed by atoms with Gasteiger partial charge < -0.3 is 34.1 Å². The highest BCUT2D eigenvalue weighted by atomic mass is 16.5. The fraction of sp³-hybridized carbons (Fsp3) is 0.647. The van der Waals surface area contributed by atoms with Crippen LogP contribution in [-0.2, 0) is 22.3 Å². The summed E-state index contributed by atoms with van der Waals surface area (Å²) in [6, 6.07) is 15.1. The highest BCUT2D eigenvalue weighted by Crippen LogP contribution is 2.30. The highest BCUT2D eigenvalue weighted by Gasteiger charge is 2.35. The van der Waals surface area contributed by atoms with Crippen LogP contribution in [0.2, 0.25) is 0 Å². The van der Waals surface area contributed by atoms with Gasteiger partial charge in [-0.15, -0.1) is 0 Å². The molecule has 4 atom stereocenters. The van der Waals surface area contributed by atoms with E-state index in [9.17, 15) is 5.11 Å². The summed E-state index contributed by atoms with van der Waals surface area (Å²) < 4.78 is 29.4. The Morgan fingerprint density at radius 1 is 0.881 bits per heavy atom. The molecule has 1 heterocycles. The molecule has 8 nitrogen and oxygen atoms in total. The highest BCUT2D eigenvalue weighted by molar-refractivity contribution is 5.42. The average Bonchev–Trinajstić information content (AvgIpc) is 3.48. The molecular formula is C34H52N2O6. The minimum Gasteiger partial charge on any atom is -0.493 e. The number of methoxy groups -OCH3 is 2. The summed E-state index contributed by atoms with van der Waals surface area (Å²) in [4.78, 5) is 2.61. The molecular weight excluding hydrogens is 532 g/mol. The molecule has 0 amide bonds. The molecule has 1 aliphatic heterocycles. The lowest BCUT2D eigenvalue weighted by Gasteiger charge is -2.38. The number of benzene rings is 2. The molecule has 1 saturated carbocycles. The summed E-state index contributed by atoms with van der Waals surface area (Å²) in [6.07, 6.45) is 7.71. The lowest BCUT2D eigenvalue weighted by molar-refractivity contribution is -0.0343. The molecule has 2 aromatic rings. The normalized spacial score (nSPS) is 21.9. The Morgan fingerprint density at radius 3 is 2.36 bits per heavy atom. The summed E-state index contributed by atoms with van der Waals surface area (Å²) in [5.41, 5.74) is 2.43. The molecule has 0 aromatic heterocycles. The minimum atomic E-state index is -0.522. The van der Waals surface area contributed by atoms with Gasteiger partial charge in [-0.05, 0) is 67.5 Å². The van der Waals surface area contributed by atoms with Crippen LogP contribution in [0.15, 0.2) is 42.5 Å². The monoisotopic (exact) mass is 584 g/mol. The molecule has 2 aromatic carbocycles. The van der Waals surface area contributed by atoms with Crippen LogP contribution in [0.3, 0.4) is 0 Å². The SMILES string of the molecule is COc1ccc(CCO[C@@H]2CCCC[C@H]2N2CC[C@H](OCCc3ccc(OCC(O)CNC(C)C)cc3)C2)cc1OC. The summed E-state index contributed by atoms with van der Waals surface area (Å²) >= 11 is 0. The second-order valence-electron chi connectivity index (χ2n) is 11.9. The van der Waals surface area contributed by atoms with Crippen molar-refractivity contribution in [3.63, 3.8) is 0 Å². The van der Waals surface area contributed by atoms with Crippen LogP contribution in [0.4, 0.5) is 0 Å². The van der Waals surface area contributed by atoms with Gasteiger partial charge in [0.15, 0.2) is 11.5 Å². The summed E-state index contributed by atoms with van der Waals surface area (Å²) in [5, 5.41) is 13.3. The molecule has 1 unspecified atom stereocenters. The molecule has 0 radical (unpaired) electrons. The van der Waals surface area contributed by atoms with E-state index in [2.05, 4.69) is 42.3 Å². The average molecular weight is 585 g/mol. The number of aliphatic hydroxyl groups excluding tert-OH is 1. The van der Waals surface area contributed by atoms with Crippen molar-refractivity contribution in [3.05, 3.63) is 53.6 Å². The Hall–Kier alpha value is -2.36. The van der Waals surface area contributed by atoms with Crippen LogP contribution in [0.5, 0.6) is 17.2 Å². The number of nitrogens with one attached hydrogen (secondary N) is 1. The van der Waals surface area contributed by atoms with Gasteiger partial charge in [-0.1, -0.05) is 44.9 Å². The molecule has 1 saturated heterocycles. The number of hydrogen-bond acceptors (Lipinski definition) is 8. The fourth-order valence-electron chi connectivity index (χ4n) is 5.96. The summed E-state index contributed by atoms with van der Waals surface area (Å²) in [6.45, 7) is 8.43. The smallest absolute Gasteiger partial charge is 0.160 e. The van der Waals surface area contributed by atoms with Gasteiger partial charge in [0, 0.05) is 31.7 Å². The number of aliphatic hydroxyl groups is 1. The predicted octanol–water partition coefficient (Wildman–Crippen LogP) is 4.65. The third kappa shape index (κ3) is 10.1. The first-order chi connectivity index (χ1) is 20.4. The van der Waals surface area contributed by atoms with Crippen molar-refractivity contribution in [3.8, 4) is 17.2 Å². The Bertz CT molecular complexity index is 1050. The van der Waals surface area contributed by atoms with Gasteiger partial charge in [0.05, 0.1) is 39.6 Å². The van der Waals surface area contributed by atoms with E-state index < -0.39 is 6.10 Å². The molecule has 2 fully saturated rings. The Labute approximate surface area is 252 Å². The summed E-state index contributed by atoms with van der Waals surface area (Å²) in [7, 11) is 3.34. The zero-order valence-corrected chi connectivity index (χ0v) is 26.1. The number of likely N-dealkylation sites (tertiary alicyclic amines) is 1. The van der Waals surface area contributed by atoms with E-state index in [1.807, 2.05) is 24.3 Å². The van der Waals surface area contributed by atoms with E-state index in [0.717, 1.165) is 56.0 Å². The largest absolute Gasteiger partial charge is 0.493 e. The van der Waals surface area contributed by atoms with Gasteiger partial charge in [-0.25, -0.2) is 0 Å². The van der Waals surface area contributed by atoms with Gasteiger partial charge >= 0.3 is 0 Å². The predicted molar refractivity (Wildman–Crippen MR) is 166 cm³/mol. The molecule has 1 aliphatic carbocycles. The zero-order chi connectivity index (χ0) is 29.7. The summed E-state index contributed by atoms with van der Waals surface area (Å²) in [5.74, 6) is 2.30. The van der Waals surface area contributed by atoms with Crippen molar-refractivity contribution in [1.82, 2.24) is 10.2 Å². The van der Waals surface area contributed by atoms with E-state index in [1.54, 1.807) is 14.2 Å².